The van der Waals surface area contributed by atoms with Crippen LogP contribution in [0.15, 0.2) is 0 Å². The number of alkyl halides is 6. The summed E-state index contributed by atoms with van der Waals surface area (Å²) in [6.07, 6.45) is -6.14. The molecule has 0 aromatic heterocycles. The smallest absolute Gasteiger partial charge is 0.676 e. The summed E-state index contributed by atoms with van der Waals surface area (Å²) in [6.45, 7) is 0. The van der Waals surface area contributed by atoms with Gasteiger partial charge >= 0.3 is 33.4 Å². The number of carbonyl (C=O) groups excluding carboxylic acids is 2. The minimum atomic E-state index is -5.19. The number of rotatable bonds is 0. The van der Waals surface area contributed by atoms with Crippen molar-refractivity contribution in [2.75, 3.05) is 0 Å². The second kappa shape index (κ2) is 11.6. The van der Waals surface area contributed by atoms with Crippen molar-refractivity contribution in [2.45, 2.75) is 50.1 Å². The molecular weight excluding hydrogens is 521 g/mol. The molecule has 0 aromatic rings. The summed E-state index contributed by atoms with van der Waals surface area (Å²) in [4.78, 5) is 17.6. The van der Waals surface area contributed by atoms with Gasteiger partial charge in [-0.15, -0.1) is 0 Å². The molecule has 13 heteroatoms. The number of hydrogen-bond donors (Lipinski definition) is 0. The molecule has 1 aliphatic carbocycles. The third kappa shape index (κ3) is 15.8. The molecular formula is C10H12F6N2O4Pt. The van der Waals surface area contributed by atoms with Crippen LogP contribution in [0, 0.1) is 0 Å². The number of aliphatic carboxylic acids is 2. The Morgan fingerprint density at radius 2 is 0.957 bits per heavy atom. The van der Waals surface area contributed by atoms with Crippen LogP contribution in [0.5, 0.6) is 0 Å². The maximum Gasteiger partial charge on any atom is 4.00 e. The zero-order valence-electron chi connectivity index (χ0n) is 11.2. The average molecular weight is 533 g/mol. The number of carbonyl (C=O) groups is 2. The van der Waals surface area contributed by atoms with Crippen molar-refractivity contribution in [2.24, 2.45) is 0 Å². The van der Waals surface area contributed by atoms with Crippen molar-refractivity contribution in [1.29, 1.82) is 0 Å². The summed E-state index contributed by atoms with van der Waals surface area (Å²) in [5.74, 6) is -6.01. The van der Waals surface area contributed by atoms with Gasteiger partial charge < -0.3 is 31.3 Å². The second-order valence-corrected chi connectivity index (χ2v) is 4.07. The van der Waals surface area contributed by atoms with Gasteiger partial charge in [0.1, 0.15) is 11.9 Å². The monoisotopic (exact) mass is 533 g/mol. The molecule has 0 aromatic carbocycles. The summed E-state index contributed by atoms with van der Waals surface area (Å²) in [5, 5.41) is 17.6. The molecule has 0 amide bonds. The SMILES string of the molecule is O=C([O-])C(F)(F)F.O=C([O-])C(F)(F)F.[NH-]C1CCCCC1[NH-].[Pt+4]. The minimum Gasteiger partial charge on any atom is -0.676 e. The number of halogens is 6. The van der Waals surface area contributed by atoms with Gasteiger partial charge in [-0.3, -0.25) is 0 Å². The number of carboxylic acids is 2. The molecule has 2 unspecified atom stereocenters. The molecule has 23 heavy (non-hydrogen) atoms. The molecule has 1 aliphatic rings. The van der Waals surface area contributed by atoms with Gasteiger partial charge in [-0.05, 0) is 0 Å². The third-order valence-corrected chi connectivity index (χ3v) is 2.23. The van der Waals surface area contributed by atoms with Crippen molar-refractivity contribution in [1.82, 2.24) is 0 Å². The first-order chi connectivity index (χ1) is 9.69. The topological polar surface area (TPSA) is 128 Å². The van der Waals surface area contributed by atoms with E-state index in [0.29, 0.717) is 0 Å². The molecule has 6 nitrogen and oxygen atoms in total. The van der Waals surface area contributed by atoms with Gasteiger partial charge in [0.15, 0.2) is 0 Å². The first kappa shape index (κ1) is 27.0. The molecule has 0 aliphatic heterocycles. The molecule has 0 radical (unpaired) electrons. The zero-order chi connectivity index (χ0) is 18.1. The predicted molar refractivity (Wildman–Crippen MR) is 56.8 cm³/mol. The molecule has 0 spiro atoms. The molecule has 1 fully saturated rings. The Labute approximate surface area is 141 Å². The predicted octanol–water partition coefficient (Wildman–Crippen LogP) is 0.997. The maximum atomic E-state index is 10.5. The molecule has 0 saturated heterocycles. The van der Waals surface area contributed by atoms with Crippen LogP contribution in [-0.2, 0) is 30.7 Å². The van der Waals surface area contributed by atoms with E-state index < -0.39 is 24.3 Å². The van der Waals surface area contributed by atoms with Crippen molar-refractivity contribution >= 4 is 11.9 Å². The Morgan fingerprint density at radius 3 is 1.04 bits per heavy atom. The van der Waals surface area contributed by atoms with E-state index in [1.54, 1.807) is 0 Å². The van der Waals surface area contributed by atoms with Crippen molar-refractivity contribution in [3.63, 3.8) is 0 Å². The fraction of sp³-hybridized carbons (Fsp3) is 0.800. The van der Waals surface area contributed by atoms with Gasteiger partial charge in [0.05, 0.1) is 0 Å². The van der Waals surface area contributed by atoms with Gasteiger partial charge in [0, 0.05) is 0 Å². The first-order valence-electron chi connectivity index (χ1n) is 5.68. The summed E-state index contributed by atoms with van der Waals surface area (Å²) < 4.78 is 63.1. The fourth-order valence-electron chi connectivity index (χ4n) is 1.13. The molecule has 1 saturated carbocycles. The Kier molecular flexibility index (Phi) is 13.7. The van der Waals surface area contributed by atoms with Crippen molar-refractivity contribution < 1.29 is 67.2 Å². The van der Waals surface area contributed by atoms with E-state index in [0.717, 1.165) is 12.8 Å². The summed E-state index contributed by atoms with van der Waals surface area (Å²) in [5.41, 5.74) is 14.6. The van der Waals surface area contributed by atoms with Crippen LogP contribution in [-0.4, -0.2) is 36.4 Å². The van der Waals surface area contributed by atoms with E-state index in [2.05, 4.69) is 0 Å². The average Bonchev–Trinajstić information content (AvgIpc) is 2.32. The van der Waals surface area contributed by atoms with E-state index in [1.165, 1.54) is 12.8 Å². The van der Waals surface area contributed by atoms with Crippen LogP contribution >= 0.6 is 0 Å². The quantitative estimate of drug-likeness (QED) is 0.431. The van der Waals surface area contributed by atoms with Gasteiger partial charge in [-0.25, -0.2) is 0 Å². The first-order valence-corrected chi connectivity index (χ1v) is 5.68. The van der Waals surface area contributed by atoms with Gasteiger partial charge in [0.25, 0.3) is 0 Å². The largest absolute Gasteiger partial charge is 4.00 e. The number of hydrogen-bond acceptors (Lipinski definition) is 4. The Hall–Kier alpha value is -0.872. The van der Waals surface area contributed by atoms with Crippen LogP contribution < -0.4 is 10.2 Å². The van der Waals surface area contributed by atoms with Gasteiger partial charge in [0.2, 0.25) is 0 Å². The summed E-state index contributed by atoms with van der Waals surface area (Å²) in [6, 6.07) is -0.160. The van der Waals surface area contributed by atoms with Crippen LogP contribution in [0.2, 0.25) is 0 Å². The van der Waals surface area contributed by atoms with E-state index in [-0.39, 0.29) is 33.1 Å². The molecule has 2 N–H and O–H groups in total. The molecule has 1 rings (SSSR count). The molecule has 0 heterocycles. The van der Waals surface area contributed by atoms with E-state index in [9.17, 15) is 26.3 Å². The van der Waals surface area contributed by atoms with Crippen LogP contribution in [0.3, 0.4) is 0 Å². The number of nitrogens with one attached hydrogen (secondary N) is 2. The zero-order valence-corrected chi connectivity index (χ0v) is 13.5. The van der Waals surface area contributed by atoms with E-state index in [1.807, 2.05) is 0 Å². The molecule has 2 atom stereocenters. The van der Waals surface area contributed by atoms with Crippen molar-refractivity contribution in [3.05, 3.63) is 11.5 Å². The summed E-state index contributed by atoms with van der Waals surface area (Å²) in [7, 11) is 0. The normalized spacial score (nSPS) is 20.7. The van der Waals surface area contributed by atoms with Gasteiger partial charge in [-0.2, -0.15) is 38.4 Å². The third-order valence-electron chi connectivity index (χ3n) is 2.23. The van der Waals surface area contributed by atoms with E-state index >= 15 is 0 Å². The molecule has 0 bridgehead atoms. The second-order valence-electron chi connectivity index (χ2n) is 4.07. The Bertz CT molecular complexity index is 330. The number of carboxylic acid groups (broad SMARTS) is 2. The van der Waals surface area contributed by atoms with Crippen LogP contribution in [0.1, 0.15) is 25.7 Å². The van der Waals surface area contributed by atoms with Crippen LogP contribution in [0.4, 0.5) is 26.3 Å². The van der Waals surface area contributed by atoms with Gasteiger partial charge in [-0.1, -0.05) is 25.7 Å². The fourth-order valence-corrected chi connectivity index (χ4v) is 1.13. The maximum absolute atomic E-state index is 10.5. The minimum absolute atomic E-state index is 0. The van der Waals surface area contributed by atoms with Crippen LogP contribution in [0.25, 0.3) is 11.5 Å². The van der Waals surface area contributed by atoms with Crippen molar-refractivity contribution in [3.8, 4) is 0 Å². The summed E-state index contributed by atoms with van der Waals surface area (Å²) >= 11 is 0. The van der Waals surface area contributed by atoms with E-state index in [4.69, 9.17) is 31.3 Å². The molecule has 138 valence electrons. The standard InChI is InChI=1S/C6H12N2.2C2HF3O2.Pt/c7-5-3-1-2-4-6(5)8;2*3-2(4,5)1(6)7;/h5-8H,1-4H2;2*(H,6,7);/q-2;;;+4/p-2. The Morgan fingerprint density at radius 1 is 0.783 bits per heavy atom. The Balaban J connectivity index is -0.000000257.